The van der Waals surface area contributed by atoms with Gasteiger partial charge in [0, 0.05) is 16.1 Å². The van der Waals surface area contributed by atoms with Gasteiger partial charge in [0.2, 0.25) is 0 Å². The average molecular weight is 343 g/mol. The van der Waals surface area contributed by atoms with E-state index in [-0.39, 0.29) is 16.8 Å². The van der Waals surface area contributed by atoms with Gasteiger partial charge in [-0.1, -0.05) is 35.9 Å². The fourth-order valence-corrected chi connectivity index (χ4v) is 3.29. The number of hydrogen-bond acceptors (Lipinski definition) is 4. The second kappa shape index (κ2) is 5.66. The van der Waals surface area contributed by atoms with E-state index in [1.54, 1.807) is 18.2 Å². The molecule has 2 aromatic carbocycles. The van der Waals surface area contributed by atoms with Crippen molar-refractivity contribution >= 4 is 23.3 Å². The zero-order valence-electron chi connectivity index (χ0n) is 12.6. The molecule has 6 heteroatoms. The standard InChI is InChI=1S/C18H12ClFN2O2/c1-24-17(23)15-16(22)11-7-6-10(19)8-13(11)18(15,9-21)12-4-2-3-5-14(12)20/h2-8H,22H2,1H3. The van der Waals surface area contributed by atoms with Crippen LogP contribution in [0.15, 0.2) is 48.0 Å². The molecule has 1 aliphatic carbocycles. The lowest BCUT2D eigenvalue weighted by Crippen LogP contribution is -2.32. The first-order chi connectivity index (χ1) is 11.5. The molecule has 0 radical (unpaired) electrons. The molecule has 3 rings (SSSR count). The van der Waals surface area contributed by atoms with Crippen LogP contribution in [0.4, 0.5) is 4.39 Å². The number of halogens is 2. The van der Waals surface area contributed by atoms with E-state index in [4.69, 9.17) is 22.1 Å². The monoisotopic (exact) mass is 342 g/mol. The predicted molar refractivity (Wildman–Crippen MR) is 87.4 cm³/mol. The highest BCUT2D eigenvalue weighted by Gasteiger charge is 2.51. The van der Waals surface area contributed by atoms with Crippen LogP contribution in [-0.2, 0) is 14.9 Å². The zero-order valence-corrected chi connectivity index (χ0v) is 13.4. The normalized spacial score (nSPS) is 18.9. The van der Waals surface area contributed by atoms with E-state index in [9.17, 15) is 14.4 Å². The molecule has 2 N–H and O–H groups in total. The summed E-state index contributed by atoms with van der Waals surface area (Å²) in [6, 6.07) is 12.6. The first-order valence-electron chi connectivity index (χ1n) is 7.02. The molecule has 0 saturated heterocycles. The van der Waals surface area contributed by atoms with Gasteiger partial charge < -0.3 is 10.5 Å². The lowest BCUT2D eigenvalue weighted by atomic mass is 9.72. The third kappa shape index (κ3) is 2.00. The summed E-state index contributed by atoms with van der Waals surface area (Å²) in [6.07, 6.45) is 0. The van der Waals surface area contributed by atoms with Gasteiger partial charge in [-0.05, 0) is 23.8 Å². The summed E-state index contributed by atoms with van der Waals surface area (Å²) in [5.41, 5.74) is 5.23. The van der Waals surface area contributed by atoms with Crippen LogP contribution >= 0.6 is 11.6 Å². The topological polar surface area (TPSA) is 76.1 Å². The number of hydrogen-bond donors (Lipinski definition) is 1. The maximum Gasteiger partial charge on any atom is 0.338 e. The van der Waals surface area contributed by atoms with Crippen molar-refractivity contribution in [3.05, 3.63) is 75.6 Å². The summed E-state index contributed by atoms with van der Waals surface area (Å²) < 4.78 is 19.3. The number of rotatable bonds is 2. The van der Waals surface area contributed by atoms with Gasteiger partial charge in [0.15, 0.2) is 0 Å². The lowest BCUT2D eigenvalue weighted by Gasteiger charge is -2.26. The Labute approximate surface area is 142 Å². The van der Waals surface area contributed by atoms with Gasteiger partial charge in [-0.3, -0.25) is 0 Å². The van der Waals surface area contributed by atoms with Gasteiger partial charge in [0.05, 0.1) is 24.4 Å². The van der Waals surface area contributed by atoms with Crippen molar-refractivity contribution in [1.82, 2.24) is 0 Å². The molecule has 1 unspecified atom stereocenters. The molecule has 0 spiro atoms. The molecule has 0 bridgehead atoms. The lowest BCUT2D eigenvalue weighted by molar-refractivity contribution is -0.136. The maximum absolute atomic E-state index is 14.5. The fraction of sp³-hybridized carbons (Fsp3) is 0.111. The Balaban J connectivity index is 2.47. The third-order valence-electron chi connectivity index (χ3n) is 4.16. The van der Waals surface area contributed by atoms with Crippen molar-refractivity contribution in [2.24, 2.45) is 5.73 Å². The Kier molecular flexibility index (Phi) is 3.78. The quantitative estimate of drug-likeness (QED) is 0.851. The smallest absolute Gasteiger partial charge is 0.338 e. The van der Waals surface area contributed by atoms with E-state index in [1.807, 2.05) is 0 Å². The van der Waals surface area contributed by atoms with Crippen LogP contribution in [0.25, 0.3) is 5.70 Å². The molecule has 0 amide bonds. The van der Waals surface area contributed by atoms with Gasteiger partial charge in [-0.25, -0.2) is 9.18 Å². The van der Waals surface area contributed by atoms with Crippen molar-refractivity contribution in [2.75, 3.05) is 7.11 Å². The predicted octanol–water partition coefficient (Wildman–Crippen LogP) is 3.15. The number of methoxy groups -OCH3 is 1. The minimum Gasteiger partial charge on any atom is -0.466 e. The second-order valence-corrected chi connectivity index (χ2v) is 5.75. The van der Waals surface area contributed by atoms with Crippen LogP contribution in [0.3, 0.4) is 0 Å². The zero-order chi connectivity index (χ0) is 17.5. The summed E-state index contributed by atoms with van der Waals surface area (Å²) in [6.45, 7) is 0. The molecule has 0 heterocycles. The van der Waals surface area contributed by atoms with Crippen molar-refractivity contribution in [3.63, 3.8) is 0 Å². The van der Waals surface area contributed by atoms with Crippen molar-refractivity contribution in [3.8, 4) is 6.07 Å². The number of carbonyl (C=O) groups excluding carboxylic acids is 1. The number of fused-ring (bicyclic) bond motifs is 1. The number of nitrogens with two attached hydrogens (primary N) is 1. The van der Waals surface area contributed by atoms with Gasteiger partial charge in [0.1, 0.15) is 11.2 Å². The molecule has 0 aromatic heterocycles. The van der Waals surface area contributed by atoms with Crippen molar-refractivity contribution in [2.45, 2.75) is 5.41 Å². The highest BCUT2D eigenvalue weighted by Crippen LogP contribution is 2.50. The Morgan fingerprint density at radius 1 is 1.29 bits per heavy atom. The summed E-state index contributed by atoms with van der Waals surface area (Å²) in [7, 11) is 1.18. The first kappa shape index (κ1) is 16.0. The first-order valence-corrected chi connectivity index (χ1v) is 7.40. The van der Waals surface area contributed by atoms with Gasteiger partial charge in [0.25, 0.3) is 0 Å². The van der Waals surface area contributed by atoms with E-state index in [0.29, 0.717) is 16.1 Å². The van der Waals surface area contributed by atoms with Crippen LogP contribution < -0.4 is 5.73 Å². The van der Waals surface area contributed by atoms with Crippen LogP contribution in [0.2, 0.25) is 5.02 Å². The molecular formula is C18H12ClFN2O2. The number of nitriles is 1. The Bertz CT molecular complexity index is 933. The van der Waals surface area contributed by atoms with E-state index in [1.165, 1.54) is 31.4 Å². The molecule has 1 aliphatic rings. The Morgan fingerprint density at radius 2 is 2.00 bits per heavy atom. The summed E-state index contributed by atoms with van der Waals surface area (Å²) >= 11 is 6.07. The SMILES string of the molecule is COC(=O)C1=C(N)c2ccc(Cl)cc2C1(C#N)c1ccccc1F. The minimum absolute atomic E-state index is 0.0249. The second-order valence-electron chi connectivity index (χ2n) is 5.31. The highest BCUT2D eigenvalue weighted by molar-refractivity contribution is 6.30. The third-order valence-corrected chi connectivity index (χ3v) is 4.39. The molecule has 24 heavy (non-hydrogen) atoms. The molecule has 4 nitrogen and oxygen atoms in total. The van der Waals surface area contributed by atoms with E-state index < -0.39 is 17.2 Å². The van der Waals surface area contributed by atoms with Crippen molar-refractivity contribution in [1.29, 1.82) is 5.26 Å². The van der Waals surface area contributed by atoms with Crippen LogP contribution in [-0.4, -0.2) is 13.1 Å². The number of benzene rings is 2. The summed E-state index contributed by atoms with van der Waals surface area (Å²) in [4.78, 5) is 12.4. The van der Waals surface area contributed by atoms with Crippen LogP contribution in [0.5, 0.6) is 0 Å². The maximum atomic E-state index is 14.5. The van der Waals surface area contributed by atoms with Crippen LogP contribution in [0, 0.1) is 17.1 Å². The van der Waals surface area contributed by atoms with E-state index >= 15 is 0 Å². The van der Waals surface area contributed by atoms with Crippen LogP contribution in [0.1, 0.15) is 16.7 Å². The molecule has 120 valence electrons. The highest BCUT2D eigenvalue weighted by atomic mass is 35.5. The average Bonchev–Trinajstić information content (AvgIpc) is 2.83. The van der Waals surface area contributed by atoms with Gasteiger partial charge in [-0.2, -0.15) is 5.26 Å². The molecule has 2 aromatic rings. The van der Waals surface area contributed by atoms with Gasteiger partial charge in [-0.15, -0.1) is 0 Å². The minimum atomic E-state index is -1.72. The van der Waals surface area contributed by atoms with E-state index in [0.717, 1.165) is 0 Å². The molecule has 0 saturated carbocycles. The number of nitrogens with zero attached hydrogens (tertiary/aromatic N) is 1. The Hall–Kier alpha value is -2.84. The number of esters is 1. The summed E-state index contributed by atoms with van der Waals surface area (Å²) in [5.74, 6) is -1.41. The molecular weight excluding hydrogens is 331 g/mol. The summed E-state index contributed by atoms with van der Waals surface area (Å²) in [5, 5.41) is 10.4. The largest absolute Gasteiger partial charge is 0.466 e. The molecule has 0 fully saturated rings. The molecule has 1 atom stereocenters. The number of ether oxygens (including phenoxy) is 1. The fourth-order valence-electron chi connectivity index (χ4n) is 3.12. The van der Waals surface area contributed by atoms with Crippen molar-refractivity contribution < 1.29 is 13.9 Å². The van der Waals surface area contributed by atoms with E-state index in [2.05, 4.69) is 6.07 Å². The van der Waals surface area contributed by atoms with Gasteiger partial charge >= 0.3 is 5.97 Å². The molecule has 0 aliphatic heterocycles. The number of carbonyl (C=O) groups is 1. The Morgan fingerprint density at radius 3 is 2.62 bits per heavy atom.